The van der Waals surface area contributed by atoms with Crippen molar-refractivity contribution in [2.24, 2.45) is 0 Å². The Balaban J connectivity index is 1.73. The SMILES string of the molecule is C=CCSc1nnc(NC(=O)c2ccc(CN(c3cc(C)ccc3C)S(C)(=O)=O)cc2)s1. The molecular formula is C22H24N4O3S3. The van der Waals surface area contributed by atoms with E-state index in [4.69, 9.17) is 0 Å². The van der Waals surface area contributed by atoms with Gasteiger partial charge in [0.25, 0.3) is 5.91 Å². The fourth-order valence-electron chi connectivity index (χ4n) is 2.91. The van der Waals surface area contributed by atoms with E-state index in [0.717, 1.165) is 26.8 Å². The number of nitrogens with one attached hydrogen (secondary N) is 1. The Kier molecular flexibility index (Phi) is 7.70. The third-order valence-corrected chi connectivity index (χ3v) is 7.62. The number of carbonyl (C=O) groups excluding carboxylic acids is 1. The molecule has 1 heterocycles. The van der Waals surface area contributed by atoms with Crippen LogP contribution < -0.4 is 9.62 Å². The molecule has 1 aromatic heterocycles. The van der Waals surface area contributed by atoms with Crippen molar-refractivity contribution in [3.8, 4) is 0 Å². The number of amides is 1. The van der Waals surface area contributed by atoms with Gasteiger partial charge in [-0.3, -0.25) is 14.4 Å². The van der Waals surface area contributed by atoms with Crippen LogP contribution in [0.15, 0.2) is 59.5 Å². The summed E-state index contributed by atoms with van der Waals surface area (Å²) in [5.74, 6) is 0.416. The van der Waals surface area contributed by atoms with Gasteiger partial charge in [0.1, 0.15) is 0 Å². The summed E-state index contributed by atoms with van der Waals surface area (Å²) in [7, 11) is -3.49. The van der Waals surface area contributed by atoms with Gasteiger partial charge in [0.15, 0.2) is 4.34 Å². The molecule has 0 saturated carbocycles. The van der Waals surface area contributed by atoms with Crippen molar-refractivity contribution >= 4 is 49.8 Å². The lowest BCUT2D eigenvalue weighted by molar-refractivity contribution is 0.102. The van der Waals surface area contributed by atoms with Crippen LogP contribution in [0.4, 0.5) is 10.8 Å². The summed E-state index contributed by atoms with van der Waals surface area (Å²) in [6, 6.07) is 12.6. The molecule has 10 heteroatoms. The zero-order valence-corrected chi connectivity index (χ0v) is 20.5. The highest BCUT2D eigenvalue weighted by atomic mass is 32.2. The number of benzene rings is 2. The summed E-state index contributed by atoms with van der Waals surface area (Å²) in [4.78, 5) is 12.5. The summed E-state index contributed by atoms with van der Waals surface area (Å²) < 4.78 is 27.1. The molecule has 0 atom stereocenters. The van der Waals surface area contributed by atoms with Gasteiger partial charge in [-0.25, -0.2) is 8.42 Å². The number of carbonyl (C=O) groups is 1. The number of sulfonamides is 1. The number of aryl methyl sites for hydroxylation is 2. The molecular weight excluding hydrogens is 464 g/mol. The molecule has 0 radical (unpaired) electrons. The minimum atomic E-state index is -3.49. The topological polar surface area (TPSA) is 92.3 Å². The van der Waals surface area contributed by atoms with E-state index in [1.807, 2.05) is 32.0 Å². The van der Waals surface area contributed by atoms with Crippen molar-refractivity contribution in [3.63, 3.8) is 0 Å². The molecule has 0 saturated heterocycles. The molecule has 0 bridgehead atoms. The monoisotopic (exact) mass is 488 g/mol. The highest BCUT2D eigenvalue weighted by Gasteiger charge is 2.20. The zero-order chi connectivity index (χ0) is 23.3. The van der Waals surface area contributed by atoms with Gasteiger partial charge < -0.3 is 0 Å². The number of hydrogen-bond acceptors (Lipinski definition) is 7. The van der Waals surface area contributed by atoms with Crippen molar-refractivity contribution < 1.29 is 13.2 Å². The fourth-order valence-corrected chi connectivity index (χ4v) is 5.36. The molecule has 1 N–H and O–H groups in total. The van der Waals surface area contributed by atoms with Gasteiger partial charge in [-0.2, -0.15) is 0 Å². The minimum Gasteiger partial charge on any atom is -0.296 e. The van der Waals surface area contributed by atoms with Gasteiger partial charge in [0, 0.05) is 11.3 Å². The molecule has 32 heavy (non-hydrogen) atoms. The zero-order valence-electron chi connectivity index (χ0n) is 18.0. The van der Waals surface area contributed by atoms with E-state index in [-0.39, 0.29) is 12.5 Å². The number of rotatable bonds is 9. The van der Waals surface area contributed by atoms with E-state index in [2.05, 4.69) is 22.1 Å². The van der Waals surface area contributed by atoms with Gasteiger partial charge >= 0.3 is 0 Å². The summed E-state index contributed by atoms with van der Waals surface area (Å²) in [6.07, 6.45) is 2.97. The summed E-state index contributed by atoms with van der Waals surface area (Å²) >= 11 is 2.79. The van der Waals surface area contributed by atoms with Crippen LogP contribution in [0.25, 0.3) is 0 Å². The second kappa shape index (κ2) is 10.3. The van der Waals surface area contributed by atoms with Crippen LogP contribution in [0.5, 0.6) is 0 Å². The van der Waals surface area contributed by atoms with Crippen molar-refractivity contribution in [2.45, 2.75) is 24.7 Å². The number of hydrogen-bond donors (Lipinski definition) is 1. The van der Waals surface area contributed by atoms with E-state index in [1.165, 1.54) is 33.7 Å². The molecule has 168 valence electrons. The van der Waals surface area contributed by atoms with E-state index in [9.17, 15) is 13.2 Å². The second-order valence-corrected chi connectivity index (χ2v) is 11.3. The highest BCUT2D eigenvalue weighted by Crippen LogP contribution is 2.27. The Morgan fingerprint density at radius 2 is 1.91 bits per heavy atom. The Labute approximate surface area is 196 Å². The van der Waals surface area contributed by atoms with E-state index in [1.54, 1.807) is 30.3 Å². The van der Waals surface area contributed by atoms with Crippen LogP contribution in [0, 0.1) is 13.8 Å². The summed E-state index contributed by atoms with van der Waals surface area (Å²) in [6.45, 7) is 7.65. The lowest BCUT2D eigenvalue weighted by Gasteiger charge is -2.25. The predicted octanol–water partition coefficient (Wildman–Crippen LogP) is 4.65. The van der Waals surface area contributed by atoms with Crippen LogP contribution in [0.3, 0.4) is 0 Å². The second-order valence-electron chi connectivity index (χ2n) is 7.18. The van der Waals surface area contributed by atoms with Crippen molar-refractivity contribution in [3.05, 3.63) is 77.4 Å². The first kappa shape index (κ1) is 24.0. The molecule has 1 amide bonds. The van der Waals surface area contributed by atoms with Crippen molar-refractivity contribution in [2.75, 3.05) is 21.6 Å². The third-order valence-electron chi connectivity index (χ3n) is 4.53. The summed E-state index contributed by atoms with van der Waals surface area (Å²) in [5.41, 5.74) is 3.72. The number of anilines is 2. The largest absolute Gasteiger partial charge is 0.296 e. The lowest BCUT2D eigenvalue weighted by Crippen LogP contribution is -2.30. The molecule has 0 aliphatic heterocycles. The molecule has 3 rings (SSSR count). The Morgan fingerprint density at radius 1 is 1.19 bits per heavy atom. The van der Waals surface area contributed by atoms with Gasteiger partial charge in [0.05, 0.1) is 18.5 Å². The predicted molar refractivity (Wildman–Crippen MR) is 132 cm³/mol. The van der Waals surface area contributed by atoms with Crippen LogP contribution in [0.1, 0.15) is 27.0 Å². The van der Waals surface area contributed by atoms with Crippen LogP contribution in [-0.4, -0.2) is 36.5 Å². The molecule has 7 nitrogen and oxygen atoms in total. The van der Waals surface area contributed by atoms with E-state index < -0.39 is 10.0 Å². The Bertz CT molecular complexity index is 1220. The molecule has 0 aliphatic rings. The van der Waals surface area contributed by atoms with Crippen molar-refractivity contribution in [1.82, 2.24) is 10.2 Å². The van der Waals surface area contributed by atoms with Crippen LogP contribution in [-0.2, 0) is 16.6 Å². The van der Waals surface area contributed by atoms with Gasteiger partial charge in [-0.15, -0.1) is 16.8 Å². The normalized spacial score (nSPS) is 11.2. The van der Waals surface area contributed by atoms with E-state index >= 15 is 0 Å². The molecule has 3 aromatic rings. The smallest absolute Gasteiger partial charge is 0.257 e. The lowest BCUT2D eigenvalue weighted by atomic mass is 10.1. The standard InChI is InChI=1S/C22H24N4O3S3/c1-5-12-30-22-25-24-21(31-22)23-20(27)18-10-8-17(9-11-18)14-26(32(4,28)29)19-13-15(2)6-7-16(19)3/h5-11,13H,1,12,14H2,2-4H3,(H,23,24,27). The number of nitrogens with zero attached hydrogens (tertiary/aromatic N) is 3. The van der Waals surface area contributed by atoms with Crippen LogP contribution in [0.2, 0.25) is 0 Å². The quantitative estimate of drug-likeness (QED) is 0.268. The number of aromatic nitrogens is 2. The Hall–Kier alpha value is -2.69. The molecule has 0 aliphatic carbocycles. The van der Waals surface area contributed by atoms with Gasteiger partial charge in [0.2, 0.25) is 15.2 Å². The van der Waals surface area contributed by atoms with Gasteiger partial charge in [-0.1, -0.05) is 53.4 Å². The fraction of sp³-hybridized carbons (Fsp3) is 0.227. The van der Waals surface area contributed by atoms with Crippen LogP contribution >= 0.6 is 23.1 Å². The highest BCUT2D eigenvalue weighted by molar-refractivity contribution is 8.01. The summed E-state index contributed by atoms with van der Waals surface area (Å²) in [5, 5.41) is 11.2. The minimum absolute atomic E-state index is 0.172. The number of thioether (sulfide) groups is 1. The molecule has 0 spiro atoms. The average Bonchev–Trinajstić information content (AvgIpc) is 3.19. The van der Waals surface area contributed by atoms with E-state index in [0.29, 0.717) is 16.4 Å². The molecule has 0 fully saturated rings. The molecule has 0 unspecified atom stereocenters. The molecule has 2 aromatic carbocycles. The van der Waals surface area contributed by atoms with Crippen molar-refractivity contribution in [1.29, 1.82) is 0 Å². The Morgan fingerprint density at radius 3 is 2.56 bits per heavy atom. The third kappa shape index (κ3) is 6.18. The first-order chi connectivity index (χ1) is 15.2. The maximum atomic E-state index is 12.5. The van der Waals surface area contributed by atoms with Gasteiger partial charge in [-0.05, 0) is 48.7 Å². The average molecular weight is 489 g/mol. The first-order valence-corrected chi connectivity index (χ1v) is 13.3. The first-order valence-electron chi connectivity index (χ1n) is 9.70. The maximum Gasteiger partial charge on any atom is 0.257 e. The maximum absolute atomic E-state index is 12.5.